The van der Waals surface area contributed by atoms with Gasteiger partial charge in [0.25, 0.3) is 5.24 Å². The Bertz CT molecular complexity index is 470. The third-order valence-electron chi connectivity index (χ3n) is 4.83. The summed E-state index contributed by atoms with van der Waals surface area (Å²) in [6.45, 7) is 0.605. The molecule has 2 amide bonds. The first-order valence-electron chi connectivity index (χ1n) is 7.53. The van der Waals surface area contributed by atoms with Crippen molar-refractivity contribution >= 4 is 28.9 Å². The van der Waals surface area contributed by atoms with E-state index in [0.29, 0.717) is 24.6 Å². The van der Waals surface area contributed by atoms with E-state index in [-0.39, 0.29) is 23.7 Å². The standard InChI is InChI=1S/C14H20N2O4S/c17-12(8-15-5-6-21-14(15)20)16-10-4-2-1-3-9(10)7-11(16)13(18)19/h9-11H,1-8H2,(H,18,19). The van der Waals surface area contributed by atoms with Gasteiger partial charge in [0.1, 0.15) is 12.6 Å². The van der Waals surface area contributed by atoms with Crippen LogP contribution in [0.4, 0.5) is 4.79 Å². The highest BCUT2D eigenvalue weighted by Gasteiger charge is 2.47. The number of thioether (sulfide) groups is 1. The number of likely N-dealkylation sites (tertiary alicyclic amines) is 1. The molecule has 0 aromatic heterocycles. The minimum atomic E-state index is -0.917. The second kappa shape index (κ2) is 5.87. The number of aliphatic carboxylic acids is 1. The fourth-order valence-corrected chi connectivity index (χ4v) is 4.68. The van der Waals surface area contributed by atoms with Crippen LogP contribution in [0.2, 0.25) is 0 Å². The van der Waals surface area contributed by atoms with E-state index < -0.39 is 12.0 Å². The van der Waals surface area contributed by atoms with Crippen LogP contribution in [0.1, 0.15) is 32.1 Å². The van der Waals surface area contributed by atoms with Crippen LogP contribution in [0, 0.1) is 5.92 Å². The molecule has 1 saturated carbocycles. The average Bonchev–Trinajstić information content (AvgIpc) is 3.03. The Morgan fingerprint density at radius 1 is 1.29 bits per heavy atom. The van der Waals surface area contributed by atoms with Crippen LogP contribution in [0.5, 0.6) is 0 Å². The van der Waals surface area contributed by atoms with E-state index in [9.17, 15) is 19.5 Å². The molecule has 3 rings (SSSR count). The molecule has 0 aromatic rings. The Labute approximate surface area is 127 Å². The van der Waals surface area contributed by atoms with Crippen LogP contribution < -0.4 is 0 Å². The molecular weight excluding hydrogens is 292 g/mol. The minimum Gasteiger partial charge on any atom is -0.480 e. The first-order chi connectivity index (χ1) is 10.1. The molecule has 3 atom stereocenters. The van der Waals surface area contributed by atoms with E-state index in [2.05, 4.69) is 0 Å². The maximum absolute atomic E-state index is 12.6. The maximum atomic E-state index is 12.6. The van der Waals surface area contributed by atoms with Gasteiger partial charge in [-0.1, -0.05) is 24.6 Å². The monoisotopic (exact) mass is 312 g/mol. The highest BCUT2D eigenvalue weighted by molar-refractivity contribution is 8.13. The lowest BCUT2D eigenvalue weighted by Crippen LogP contribution is -2.50. The molecule has 1 aliphatic carbocycles. The number of hydrogen-bond donors (Lipinski definition) is 1. The SMILES string of the molecule is O=C(O)C1CC2CCCCC2N1C(=O)CN1CCSC1=O. The van der Waals surface area contributed by atoms with Gasteiger partial charge in [-0.25, -0.2) is 4.79 Å². The summed E-state index contributed by atoms with van der Waals surface area (Å²) in [6, 6.07) is -0.659. The summed E-state index contributed by atoms with van der Waals surface area (Å²) in [5.41, 5.74) is 0. The molecule has 7 heteroatoms. The maximum Gasteiger partial charge on any atom is 0.326 e. The number of carbonyl (C=O) groups is 3. The molecule has 116 valence electrons. The van der Waals surface area contributed by atoms with Crippen molar-refractivity contribution in [1.29, 1.82) is 0 Å². The van der Waals surface area contributed by atoms with Crippen LogP contribution in [0.3, 0.4) is 0 Å². The van der Waals surface area contributed by atoms with Gasteiger partial charge in [-0.3, -0.25) is 9.59 Å². The quantitative estimate of drug-likeness (QED) is 0.852. The third-order valence-corrected chi connectivity index (χ3v) is 5.72. The van der Waals surface area contributed by atoms with Crippen molar-refractivity contribution in [3.63, 3.8) is 0 Å². The summed E-state index contributed by atoms with van der Waals surface area (Å²) in [4.78, 5) is 38.8. The smallest absolute Gasteiger partial charge is 0.326 e. The zero-order chi connectivity index (χ0) is 15.0. The van der Waals surface area contributed by atoms with Crippen molar-refractivity contribution < 1.29 is 19.5 Å². The first kappa shape index (κ1) is 14.7. The molecule has 6 nitrogen and oxygen atoms in total. The van der Waals surface area contributed by atoms with E-state index >= 15 is 0 Å². The van der Waals surface area contributed by atoms with Crippen molar-refractivity contribution in [1.82, 2.24) is 9.80 Å². The van der Waals surface area contributed by atoms with Crippen molar-refractivity contribution in [2.24, 2.45) is 5.92 Å². The molecule has 2 aliphatic heterocycles. The van der Waals surface area contributed by atoms with Gasteiger partial charge >= 0.3 is 5.97 Å². The van der Waals surface area contributed by atoms with Gasteiger partial charge in [0.2, 0.25) is 5.91 Å². The fraction of sp³-hybridized carbons (Fsp3) is 0.786. The molecule has 3 aliphatic rings. The lowest BCUT2D eigenvalue weighted by Gasteiger charge is -2.33. The molecule has 21 heavy (non-hydrogen) atoms. The summed E-state index contributed by atoms with van der Waals surface area (Å²) in [5.74, 6) is -0.0967. The topological polar surface area (TPSA) is 77.9 Å². The first-order valence-corrected chi connectivity index (χ1v) is 8.52. The zero-order valence-corrected chi connectivity index (χ0v) is 12.7. The van der Waals surface area contributed by atoms with Crippen molar-refractivity contribution in [3.8, 4) is 0 Å². The largest absolute Gasteiger partial charge is 0.480 e. The molecule has 1 N–H and O–H groups in total. The van der Waals surface area contributed by atoms with E-state index in [4.69, 9.17) is 0 Å². The fourth-order valence-electron chi connectivity index (χ4n) is 3.85. The Hall–Kier alpha value is -1.24. The summed E-state index contributed by atoms with van der Waals surface area (Å²) < 4.78 is 0. The molecule has 3 fully saturated rings. The van der Waals surface area contributed by atoms with Gasteiger partial charge in [0, 0.05) is 18.3 Å². The molecule has 0 radical (unpaired) electrons. The molecule has 0 aromatic carbocycles. The summed E-state index contributed by atoms with van der Waals surface area (Å²) in [5, 5.41) is 9.34. The zero-order valence-electron chi connectivity index (χ0n) is 11.9. The van der Waals surface area contributed by atoms with Crippen LogP contribution in [0.25, 0.3) is 0 Å². The second-order valence-corrected chi connectivity index (χ2v) is 7.08. The summed E-state index contributed by atoms with van der Waals surface area (Å²) >= 11 is 1.22. The lowest BCUT2D eigenvalue weighted by molar-refractivity contribution is -0.150. The highest BCUT2D eigenvalue weighted by Crippen LogP contribution is 2.40. The third kappa shape index (κ3) is 2.75. The number of nitrogens with zero attached hydrogens (tertiary/aromatic N) is 2. The van der Waals surface area contributed by atoms with Crippen molar-refractivity contribution in [3.05, 3.63) is 0 Å². The number of amides is 2. The number of rotatable bonds is 3. The van der Waals surface area contributed by atoms with Crippen LogP contribution in [-0.2, 0) is 9.59 Å². The van der Waals surface area contributed by atoms with E-state index in [0.717, 1.165) is 25.7 Å². The van der Waals surface area contributed by atoms with Gasteiger partial charge in [-0.2, -0.15) is 0 Å². The lowest BCUT2D eigenvalue weighted by atomic mass is 9.85. The van der Waals surface area contributed by atoms with E-state index in [1.807, 2.05) is 0 Å². The number of hydrogen-bond acceptors (Lipinski definition) is 4. The summed E-state index contributed by atoms with van der Waals surface area (Å²) in [7, 11) is 0. The molecule has 0 bridgehead atoms. The van der Waals surface area contributed by atoms with E-state index in [1.54, 1.807) is 4.90 Å². The van der Waals surface area contributed by atoms with Gasteiger partial charge in [0.05, 0.1) is 0 Å². The number of carboxylic acid groups (broad SMARTS) is 1. The Kier molecular flexibility index (Phi) is 4.10. The van der Waals surface area contributed by atoms with Crippen LogP contribution in [-0.4, -0.2) is 62.9 Å². The summed E-state index contributed by atoms with van der Waals surface area (Å²) in [6.07, 6.45) is 4.64. The number of carbonyl (C=O) groups excluding carboxylic acids is 2. The molecule has 2 heterocycles. The number of fused-ring (bicyclic) bond motifs is 1. The minimum absolute atomic E-state index is 0.0266. The van der Waals surface area contributed by atoms with Crippen LogP contribution >= 0.6 is 11.8 Å². The van der Waals surface area contributed by atoms with Crippen molar-refractivity contribution in [2.45, 2.75) is 44.2 Å². The van der Waals surface area contributed by atoms with Gasteiger partial charge < -0.3 is 14.9 Å². The highest BCUT2D eigenvalue weighted by atomic mass is 32.2. The predicted molar refractivity (Wildman–Crippen MR) is 78.1 cm³/mol. The van der Waals surface area contributed by atoms with Gasteiger partial charge in [-0.05, 0) is 25.2 Å². The van der Waals surface area contributed by atoms with Gasteiger partial charge in [-0.15, -0.1) is 0 Å². The normalized spacial score (nSPS) is 32.4. The van der Waals surface area contributed by atoms with E-state index in [1.165, 1.54) is 16.7 Å². The number of carboxylic acids is 1. The Balaban J connectivity index is 1.74. The van der Waals surface area contributed by atoms with Crippen LogP contribution in [0.15, 0.2) is 0 Å². The molecule has 0 spiro atoms. The Morgan fingerprint density at radius 2 is 2.05 bits per heavy atom. The molecular formula is C14H20N2O4S. The Morgan fingerprint density at radius 3 is 2.71 bits per heavy atom. The van der Waals surface area contributed by atoms with Gasteiger partial charge in [0.15, 0.2) is 0 Å². The van der Waals surface area contributed by atoms with Crippen molar-refractivity contribution in [2.75, 3.05) is 18.8 Å². The second-order valence-electron chi connectivity index (χ2n) is 6.04. The molecule has 3 unspecified atom stereocenters. The predicted octanol–water partition coefficient (Wildman–Crippen LogP) is 1.40. The average molecular weight is 312 g/mol. The molecule has 2 saturated heterocycles.